The molecule has 3 heteroatoms. The van der Waals surface area contributed by atoms with E-state index in [2.05, 4.69) is 40.8 Å². The van der Waals surface area contributed by atoms with E-state index in [0.29, 0.717) is 13.1 Å². The van der Waals surface area contributed by atoms with Crippen molar-refractivity contribution in [1.29, 1.82) is 0 Å². The van der Waals surface area contributed by atoms with Crippen LogP contribution < -0.4 is 4.57 Å². The van der Waals surface area contributed by atoms with E-state index in [0.717, 1.165) is 25.8 Å². The predicted octanol–water partition coefficient (Wildman–Crippen LogP) is 1.63. The van der Waals surface area contributed by atoms with E-state index in [1.807, 2.05) is 0 Å². The van der Waals surface area contributed by atoms with Gasteiger partial charge < -0.3 is 4.74 Å². The molecule has 0 unspecified atom stereocenters. The quantitative estimate of drug-likeness (QED) is 0.387. The molecule has 0 amide bonds. The monoisotopic (exact) mass is 208 g/mol. The molecule has 0 atom stereocenters. The van der Waals surface area contributed by atoms with E-state index in [9.17, 15) is 4.79 Å². The first-order valence-corrected chi connectivity index (χ1v) is 5.34. The summed E-state index contributed by atoms with van der Waals surface area (Å²) in [6.07, 6.45) is 7.35. The van der Waals surface area contributed by atoms with E-state index >= 15 is 0 Å². The molecule has 0 bridgehead atoms. The van der Waals surface area contributed by atoms with Crippen LogP contribution in [0.3, 0.4) is 0 Å². The highest BCUT2D eigenvalue weighted by Crippen LogP contribution is 1.96. The van der Waals surface area contributed by atoms with Gasteiger partial charge in [0.15, 0.2) is 12.4 Å². The number of aryl methyl sites for hydroxylation is 2. The Balaban J connectivity index is 2.09. The Bertz CT molecular complexity index is 282. The molecule has 0 radical (unpaired) electrons. The second-order valence-electron chi connectivity index (χ2n) is 3.64. The minimum atomic E-state index is 0.509. The standard InChI is InChI=1S/C12H18NO2/c1-12-5-8-13(9-6-12)7-3-2-4-10-15-11-14/h5-6,8-9,11H,2-4,7,10H2,1H3/q+1. The molecule has 1 aromatic rings. The number of hydrogen-bond donors (Lipinski definition) is 0. The molecule has 82 valence electrons. The van der Waals surface area contributed by atoms with Crippen LogP contribution in [0.5, 0.6) is 0 Å². The maximum Gasteiger partial charge on any atom is 0.293 e. The number of aromatic nitrogens is 1. The third-order valence-corrected chi connectivity index (χ3v) is 2.30. The Morgan fingerprint density at radius 2 is 2.00 bits per heavy atom. The van der Waals surface area contributed by atoms with E-state index in [-0.39, 0.29) is 0 Å². The molecule has 0 aliphatic heterocycles. The Kier molecular flexibility index (Phi) is 5.44. The van der Waals surface area contributed by atoms with Crippen molar-refractivity contribution in [3.63, 3.8) is 0 Å². The molecule has 1 heterocycles. The first kappa shape index (κ1) is 11.7. The van der Waals surface area contributed by atoms with Gasteiger partial charge in [0.2, 0.25) is 0 Å². The minimum Gasteiger partial charge on any atom is -0.468 e. The number of ether oxygens (including phenoxy) is 1. The maximum atomic E-state index is 9.86. The van der Waals surface area contributed by atoms with Crippen molar-refractivity contribution in [2.24, 2.45) is 0 Å². The van der Waals surface area contributed by atoms with Crippen LogP contribution in [0.4, 0.5) is 0 Å². The van der Waals surface area contributed by atoms with Crippen LogP contribution in [0, 0.1) is 6.92 Å². The number of nitrogens with zero attached hydrogens (tertiary/aromatic N) is 1. The molecule has 0 aromatic carbocycles. The summed E-state index contributed by atoms with van der Waals surface area (Å²) >= 11 is 0. The zero-order valence-corrected chi connectivity index (χ0v) is 9.19. The van der Waals surface area contributed by atoms with Crippen LogP contribution in [-0.2, 0) is 16.1 Å². The number of carbonyl (C=O) groups excluding carboxylic acids is 1. The van der Waals surface area contributed by atoms with Crippen LogP contribution in [0.25, 0.3) is 0 Å². The average Bonchev–Trinajstić information content (AvgIpc) is 2.26. The molecule has 0 N–H and O–H groups in total. The van der Waals surface area contributed by atoms with Crippen molar-refractivity contribution in [1.82, 2.24) is 0 Å². The van der Waals surface area contributed by atoms with Crippen LogP contribution in [0.1, 0.15) is 24.8 Å². The smallest absolute Gasteiger partial charge is 0.293 e. The van der Waals surface area contributed by atoms with Gasteiger partial charge in [0.1, 0.15) is 6.54 Å². The fourth-order valence-corrected chi connectivity index (χ4v) is 1.39. The van der Waals surface area contributed by atoms with Gasteiger partial charge >= 0.3 is 0 Å². The third kappa shape index (κ3) is 5.15. The summed E-state index contributed by atoms with van der Waals surface area (Å²) in [6.45, 7) is 4.17. The zero-order valence-electron chi connectivity index (χ0n) is 9.19. The van der Waals surface area contributed by atoms with E-state index in [1.54, 1.807) is 0 Å². The SMILES string of the molecule is Cc1cc[n+](CCCCCOC=O)cc1. The lowest BCUT2D eigenvalue weighted by molar-refractivity contribution is -0.697. The summed E-state index contributed by atoms with van der Waals surface area (Å²) in [5, 5.41) is 0. The molecule has 0 spiro atoms. The number of carbonyl (C=O) groups is 1. The molecule has 0 saturated heterocycles. The molecule has 3 nitrogen and oxygen atoms in total. The lowest BCUT2D eigenvalue weighted by Gasteiger charge is -1.98. The molecule has 0 saturated carbocycles. The van der Waals surface area contributed by atoms with E-state index < -0.39 is 0 Å². The van der Waals surface area contributed by atoms with Gasteiger partial charge in [-0.1, -0.05) is 0 Å². The molecule has 1 rings (SSSR count). The fraction of sp³-hybridized carbons (Fsp3) is 0.500. The van der Waals surface area contributed by atoms with Gasteiger partial charge in [-0.15, -0.1) is 0 Å². The predicted molar refractivity (Wildman–Crippen MR) is 57.2 cm³/mol. The molecule has 0 aliphatic carbocycles. The zero-order chi connectivity index (χ0) is 10.9. The van der Waals surface area contributed by atoms with Gasteiger partial charge in [-0.05, 0) is 25.3 Å². The Hall–Kier alpha value is -1.38. The third-order valence-electron chi connectivity index (χ3n) is 2.30. The van der Waals surface area contributed by atoms with Gasteiger partial charge in [-0.3, -0.25) is 4.79 Å². The first-order chi connectivity index (χ1) is 7.33. The highest BCUT2D eigenvalue weighted by atomic mass is 16.5. The van der Waals surface area contributed by atoms with Crippen LogP contribution in [-0.4, -0.2) is 13.1 Å². The van der Waals surface area contributed by atoms with Crippen LogP contribution in [0.2, 0.25) is 0 Å². The summed E-state index contributed by atoms with van der Waals surface area (Å²) in [4.78, 5) is 9.86. The maximum absolute atomic E-state index is 9.86. The molecule has 0 aliphatic rings. The van der Waals surface area contributed by atoms with Gasteiger partial charge in [0.25, 0.3) is 6.47 Å². The summed E-state index contributed by atoms with van der Waals surface area (Å²) in [5.74, 6) is 0. The van der Waals surface area contributed by atoms with Crippen LogP contribution in [0.15, 0.2) is 24.5 Å². The van der Waals surface area contributed by atoms with E-state index in [1.165, 1.54) is 5.56 Å². The first-order valence-electron chi connectivity index (χ1n) is 5.34. The Morgan fingerprint density at radius 3 is 2.67 bits per heavy atom. The topological polar surface area (TPSA) is 30.2 Å². The molecular weight excluding hydrogens is 190 g/mol. The molecule has 0 fully saturated rings. The number of pyridine rings is 1. The minimum absolute atomic E-state index is 0.509. The highest BCUT2D eigenvalue weighted by Gasteiger charge is 1.98. The summed E-state index contributed by atoms with van der Waals surface area (Å²) in [7, 11) is 0. The van der Waals surface area contributed by atoms with Gasteiger partial charge in [0.05, 0.1) is 6.61 Å². The van der Waals surface area contributed by atoms with Crippen molar-refractivity contribution in [3.8, 4) is 0 Å². The Labute approximate surface area is 90.7 Å². The van der Waals surface area contributed by atoms with Crippen molar-refractivity contribution in [2.75, 3.05) is 6.61 Å². The second kappa shape index (κ2) is 6.98. The number of unbranched alkanes of at least 4 members (excludes halogenated alkanes) is 2. The molecule has 1 aromatic heterocycles. The fourth-order valence-electron chi connectivity index (χ4n) is 1.39. The number of rotatable bonds is 7. The van der Waals surface area contributed by atoms with Crippen molar-refractivity contribution in [3.05, 3.63) is 30.1 Å². The summed E-state index contributed by atoms with van der Waals surface area (Å²) < 4.78 is 6.79. The Morgan fingerprint density at radius 1 is 1.27 bits per heavy atom. The second-order valence-corrected chi connectivity index (χ2v) is 3.64. The molecular formula is C12H18NO2+. The van der Waals surface area contributed by atoms with Crippen molar-refractivity contribution >= 4 is 6.47 Å². The average molecular weight is 208 g/mol. The largest absolute Gasteiger partial charge is 0.468 e. The molecule has 15 heavy (non-hydrogen) atoms. The van der Waals surface area contributed by atoms with Gasteiger partial charge in [-0.2, -0.15) is 0 Å². The van der Waals surface area contributed by atoms with Gasteiger partial charge in [-0.25, -0.2) is 4.57 Å². The van der Waals surface area contributed by atoms with Crippen molar-refractivity contribution < 1.29 is 14.1 Å². The highest BCUT2D eigenvalue weighted by molar-refractivity contribution is 5.36. The number of hydrogen-bond acceptors (Lipinski definition) is 2. The van der Waals surface area contributed by atoms with Gasteiger partial charge in [0, 0.05) is 18.6 Å². The summed E-state index contributed by atoms with van der Waals surface area (Å²) in [6, 6.07) is 4.21. The summed E-state index contributed by atoms with van der Waals surface area (Å²) in [5.41, 5.74) is 1.28. The van der Waals surface area contributed by atoms with Crippen LogP contribution >= 0.6 is 0 Å². The van der Waals surface area contributed by atoms with E-state index in [4.69, 9.17) is 0 Å². The normalized spacial score (nSPS) is 9.93. The lowest BCUT2D eigenvalue weighted by atomic mass is 10.2. The lowest BCUT2D eigenvalue weighted by Crippen LogP contribution is -2.32. The van der Waals surface area contributed by atoms with Crippen molar-refractivity contribution in [2.45, 2.75) is 32.7 Å².